The molecule has 0 aromatic carbocycles. The van der Waals surface area contributed by atoms with Crippen LogP contribution in [0.4, 0.5) is 0 Å². The highest BCUT2D eigenvalue weighted by atomic mass is 16.5. The lowest BCUT2D eigenvalue weighted by molar-refractivity contribution is -0.115. The highest BCUT2D eigenvalue weighted by Gasteiger charge is 1.94. The lowest BCUT2D eigenvalue weighted by atomic mass is 10.4. The minimum absolute atomic E-state index is 0.413. The predicted octanol–water partition coefficient (Wildman–Crippen LogP) is 0.677. The molecule has 0 aromatic heterocycles. The number of carbonyl (C=O) groups is 1. The third-order valence-electron chi connectivity index (χ3n) is 0.987. The highest BCUT2D eigenvalue weighted by Crippen LogP contribution is 1.85. The quantitative estimate of drug-likeness (QED) is 0.440. The van der Waals surface area contributed by atoms with Crippen LogP contribution >= 0.6 is 0 Å². The lowest BCUT2D eigenvalue weighted by Crippen LogP contribution is -2.21. The molecule has 3 heteroatoms. The monoisotopic (exact) mass is 131 g/mol. The van der Waals surface area contributed by atoms with Crippen LogP contribution in [-0.4, -0.2) is 29.6 Å². The van der Waals surface area contributed by atoms with E-state index in [1.807, 2.05) is 6.92 Å². The van der Waals surface area contributed by atoms with Gasteiger partial charge >= 0.3 is 0 Å². The lowest BCUT2D eigenvalue weighted by Gasteiger charge is -2.09. The Morgan fingerprint density at radius 3 is 2.67 bits per heavy atom. The molecule has 0 spiro atoms. The fourth-order valence-electron chi connectivity index (χ4n) is 0.572. The van der Waals surface area contributed by atoms with Gasteiger partial charge in [-0.2, -0.15) is 5.06 Å². The molecule has 0 heterocycles. The van der Waals surface area contributed by atoms with Gasteiger partial charge in [0.05, 0.1) is 0 Å². The number of carbonyl (C=O) groups excluding carboxylic acids is 1. The molecule has 0 aliphatic carbocycles. The van der Waals surface area contributed by atoms with Crippen LogP contribution in [0.2, 0.25) is 0 Å². The van der Waals surface area contributed by atoms with Gasteiger partial charge in [-0.05, 0) is 6.42 Å². The maximum atomic E-state index is 9.78. The van der Waals surface area contributed by atoms with E-state index in [-0.39, 0.29) is 0 Å². The minimum Gasteiger partial charge on any atom is -0.314 e. The van der Waals surface area contributed by atoms with E-state index in [0.717, 1.165) is 17.8 Å². The summed E-state index contributed by atoms with van der Waals surface area (Å²) in [5, 5.41) is 10.0. The van der Waals surface area contributed by atoms with E-state index in [0.29, 0.717) is 19.5 Å². The van der Waals surface area contributed by atoms with Gasteiger partial charge in [-0.3, -0.25) is 0 Å². The van der Waals surface area contributed by atoms with E-state index >= 15 is 0 Å². The number of hydrogen-bond donors (Lipinski definition) is 1. The van der Waals surface area contributed by atoms with Crippen molar-refractivity contribution in [3.8, 4) is 0 Å². The maximum absolute atomic E-state index is 9.78. The Bertz CT molecular complexity index is 75.5. The van der Waals surface area contributed by atoms with Crippen molar-refractivity contribution in [1.29, 1.82) is 0 Å². The summed E-state index contributed by atoms with van der Waals surface area (Å²) < 4.78 is 0. The van der Waals surface area contributed by atoms with Gasteiger partial charge in [0, 0.05) is 19.5 Å². The number of nitrogens with zero attached hydrogens (tertiary/aromatic N) is 1. The van der Waals surface area contributed by atoms with E-state index in [2.05, 4.69) is 0 Å². The molecule has 0 amide bonds. The summed E-state index contributed by atoms with van der Waals surface area (Å²) in [6.45, 7) is 3.08. The molecular formula is C6H13NO2. The normalized spacial score (nSPS) is 10.1. The Hall–Kier alpha value is -0.410. The standard InChI is InChI=1S/C6H13NO2/c1-2-4-7(9)5-3-6-8/h6,9H,2-5H2,1H3. The van der Waals surface area contributed by atoms with E-state index in [1.165, 1.54) is 0 Å². The third-order valence-corrected chi connectivity index (χ3v) is 0.987. The molecule has 3 nitrogen and oxygen atoms in total. The summed E-state index contributed by atoms with van der Waals surface area (Å²) in [7, 11) is 0. The van der Waals surface area contributed by atoms with Gasteiger partial charge < -0.3 is 10.0 Å². The van der Waals surface area contributed by atoms with Gasteiger partial charge in [-0.1, -0.05) is 6.92 Å². The molecule has 0 aliphatic heterocycles. The Balaban J connectivity index is 3.04. The van der Waals surface area contributed by atoms with Crippen molar-refractivity contribution in [3.63, 3.8) is 0 Å². The average Bonchev–Trinajstić information content (AvgIpc) is 1.85. The first-order chi connectivity index (χ1) is 4.31. The number of aldehydes is 1. The SMILES string of the molecule is CCCN(O)CCC=O. The summed E-state index contributed by atoms with van der Waals surface area (Å²) in [5.74, 6) is 0. The zero-order valence-corrected chi connectivity index (χ0v) is 5.71. The Labute approximate surface area is 55.2 Å². The molecule has 0 aromatic rings. The van der Waals surface area contributed by atoms with Crippen molar-refractivity contribution in [1.82, 2.24) is 5.06 Å². The van der Waals surface area contributed by atoms with Gasteiger partial charge in [0.1, 0.15) is 6.29 Å². The zero-order valence-electron chi connectivity index (χ0n) is 5.71. The Morgan fingerprint density at radius 2 is 2.22 bits per heavy atom. The fraction of sp³-hybridized carbons (Fsp3) is 0.833. The minimum atomic E-state index is 0.413. The van der Waals surface area contributed by atoms with Gasteiger partial charge in [0.15, 0.2) is 0 Å². The van der Waals surface area contributed by atoms with Gasteiger partial charge in [-0.25, -0.2) is 0 Å². The number of rotatable bonds is 5. The topological polar surface area (TPSA) is 40.5 Å². The zero-order chi connectivity index (χ0) is 7.11. The molecule has 9 heavy (non-hydrogen) atoms. The van der Waals surface area contributed by atoms with Gasteiger partial charge in [0.25, 0.3) is 0 Å². The first-order valence-electron chi connectivity index (χ1n) is 3.18. The van der Waals surface area contributed by atoms with Crippen LogP contribution in [0, 0.1) is 0 Å². The van der Waals surface area contributed by atoms with Gasteiger partial charge in [-0.15, -0.1) is 0 Å². The molecule has 0 atom stereocenters. The predicted molar refractivity (Wildman–Crippen MR) is 34.3 cm³/mol. The second kappa shape index (κ2) is 5.72. The molecule has 1 N–H and O–H groups in total. The van der Waals surface area contributed by atoms with Crippen molar-refractivity contribution in [2.75, 3.05) is 13.1 Å². The number of hydrogen-bond acceptors (Lipinski definition) is 3. The highest BCUT2D eigenvalue weighted by molar-refractivity contribution is 5.49. The van der Waals surface area contributed by atoms with Crippen molar-refractivity contribution in [2.45, 2.75) is 19.8 Å². The van der Waals surface area contributed by atoms with E-state index < -0.39 is 0 Å². The summed E-state index contributed by atoms with van der Waals surface area (Å²) in [5.41, 5.74) is 0. The van der Waals surface area contributed by atoms with Crippen molar-refractivity contribution in [3.05, 3.63) is 0 Å². The van der Waals surface area contributed by atoms with Crippen LogP contribution in [0.3, 0.4) is 0 Å². The molecule has 0 radical (unpaired) electrons. The molecule has 0 fully saturated rings. The van der Waals surface area contributed by atoms with E-state index in [9.17, 15) is 4.79 Å². The molecule has 0 aliphatic rings. The largest absolute Gasteiger partial charge is 0.314 e. The van der Waals surface area contributed by atoms with Gasteiger partial charge in [0.2, 0.25) is 0 Å². The molecule has 0 rings (SSSR count). The van der Waals surface area contributed by atoms with Crippen LogP contribution in [0.15, 0.2) is 0 Å². The number of hydroxylamine groups is 2. The van der Waals surface area contributed by atoms with Crippen molar-refractivity contribution in [2.24, 2.45) is 0 Å². The molecule has 54 valence electrons. The molecule has 0 bridgehead atoms. The van der Waals surface area contributed by atoms with Crippen LogP contribution in [0.1, 0.15) is 19.8 Å². The second-order valence-corrected chi connectivity index (χ2v) is 1.91. The molecular weight excluding hydrogens is 118 g/mol. The van der Waals surface area contributed by atoms with Crippen LogP contribution in [-0.2, 0) is 4.79 Å². The Morgan fingerprint density at radius 1 is 1.56 bits per heavy atom. The maximum Gasteiger partial charge on any atom is 0.121 e. The molecule has 0 saturated carbocycles. The van der Waals surface area contributed by atoms with Crippen molar-refractivity contribution >= 4 is 6.29 Å². The van der Waals surface area contributed by atoms with Crippen molar-refractivity contribution < 1.29 is 10.0 Å². The second-order valence-electron chi connectivity index (χ2n) is 1.91. The van der Waals surface area contributed by atoms with E-state index in [1.54, 1.807) is 0 Å². The third kappa shape index (κ3) is 5.46. The van der Waals surface area contributed by atoms with Crippen LogP contribution in [0.5, 0.6) is 0 Å². The summed E-state index contributed by atoms with van der Waals surface area (Å²) in [6.07, 6.45) is 2.13. The van der Waals surface area contributed by atoms with Crippen LogP contribution < -0.4 is 0 Å². The first kappa shape index (κ1) is 8.59. The smallest absolute Gasteiger partial charge is 0.121 e. The van der Waals surface area contributed by atoms with Crippen LogP contribution in [0.25, 0.3) is 0 Å². The summed E-state index contributed by atoms with van der Waals surface area (Å²) in [6, 6.07) is 0. The first-order valence-corrected chi connectivity index (χ1v) is 3.18. The summed E-state index contributed by atoms with van der Waals surface area (Å²) >= 11 is 0. The summed E-state index contributed by atoms with van der Waals surface area (Å²) in [4.78, 5) is 9.78. The van der Waals surface area contributed by atoms with E-state index in [4.69, 9.17) is 5.21 Å². The fourth-order valence-corrected chi connectivity index (χ4v) is 0.572. The Kier molecular flexibility index (Phi) is 5.46. The average molecular weight is 131 g/mol. The molecule has 0 saturated heterocycles. The molecule has 0 unspecified atom stereocenters.